The van der Waals surface area contributed by atoms with E-state index in [-0.39, 0.29) is 5.91 Å². The van der Waals surface area contributed by atoms with Crippen LogP contribution >= 0.6 is 11.8 Å². The molecule has 0 saturated heterocycles. The Morgan fingerprint density at radius 3 is 2.70 bits per heavy atom. The number of thioether (sulfide) groups is 1. The summed E-state index contributed by atoms with van der Waals surface area (Å²) in [5.41, 5.74) is 3.45. The first kappa shape index (κ1) is 15.7. The van der Waals surface area contributed by atoms with E-state index in [4.69, 9.17) is 0 Å². The summed E-state index contributed by atoms with van der Waals surface area (Å²) < 4.78 is 0. The van der Waals surface area contributed by atoms with Crippen LogP contribution in [0.15, 0.2) is 60.8 Å². The van der Waals surface area contributed by atoms with Crippen molar-refractivity contribution in [1.82, 2.24) is 10.3 Å². The molecule has 0 aliphatic rings. The molecule has 0 fully saturated rings. The molecule has 1 heterocycles. The first-order valence-corrected chi connectivity index (χ1v) is 8.92. The number of rotatable bonds is 7. The van der Waals surface area contributed by atoms with Gasteiger partial charge in [0.25, 0.3) is 0 Å². The van der Waals surface area contributed by atoms with Gasteiger partial charge in [-0.15, -0.1) is 0 Å². The molecule has 0 unspecified atom stereocenters. The summed E-state index contributed by atoms with van der Waals surface area (Å²) in [4.78, 5) is 15.3. The van der Waals surface area contributed by atoms with Gasteiger partial charge in [-0.2, -0.15) is 11.8 Å². The molecule has 2 aromatic carbocycles. The number of aromatic amines is 1. The predicted octanol–water partition coefficient (Wildman–Crippen LogP) is 3.76. The molecule has 1 aromatic heterocycles. The quantitative estimate of drug-likeness (QED) is 0.650. The Morgan fingerprint density at radius 1 is 1.04 bits per heavy atom. The summed E-state index contributed by atoms with van der Waals surface area (Å²) in [7, 11) is 0. The molecule has 4 heteroatoms. The molecule has 3 rings (SSSR count). The third kappa shape index (κ3) is 4.39. The Bertz CT molecular complexity index is 767. The van der Waals surface area contributed by atoms with Crippen LogP contribution in [0, 0.1) is 0 Å². The van der Waals surface area contributed by atoms with Gasteiger partial charge in [0, 0.05) is 35.2 Å². The molecule has 0 radical (unpaired) electrons. The number of para-hydroxylation sites is 1. The number of amides is 1. The number of benzene rings is 2. The van der Waals surface area contributed by atoms with E-state index in [1.165, 1.54) is 5.56 Å². The Morgan fingerprint density at radius 2 is 1.83 bits per heavy atom. The fourth-order valence-electron chi connectivity index (χ4n) is 2.54. The molecule has 1 amide bonds. The topological polar surface area (TPSA) is 44.9 Å². The number of carbonyl (C=O) groups excluding carboxylic acids is 1. The lowest BCUT2D eigenvalue weighted by atomic mass is 10.1. The van der Waals surface area contributed by atoms with E-state index < -0.39 is 0 Å². The van der Waals surface area contributed by atoms with Crippen molar-refractivity contribution < 1.29 is 4.79 Å². The number of H-pyrrole nitrogens is 1. The van der Waals surface area contributed by atoms with Crippen LogP contribution in [0.2, 0.25) is 0 Å². The monoisotopic (exact) mass is 324 g/mol. The minimum absolute atomic E-state index is 0.0788. The standard InChI is InChI=1S/C19H20N2OS/c22-19(12-16-13-21-18-9-5-4-8-17(16)18)20-10-11-23-14-15-6-2-1-3-7-15/h1-9,13,21H,10-12,14H2,(H,20,22). The SMILES string of the molecule is O=C(Cc1c[nH]c2ccccc12)NCCSCc1ccccc1. The van der Waals surface area contributed by atoms with Gasteiger partial charge >= 0.3 is 0 Å². The average Bonchev–Trinajstić information content (AvgIpc) is 2.99. The van der Waals surface area contributed by atoms with Gasteiger partial charge in [0.15, 0.2) is 0 Å². The van der Waals surface area contributed by atoms with Crippen LogP contribution in [0.25, 0.3) is 10.9 Å². The smallest absolute Gasteiger partial charge is 0.224 e. The van der Waals surface area contributed by atoms with Gasteiger partial charge < -0.3 is 10.3 Å². The van der Waals surface area contributed by atoms with Gasteiger partial charge in [-0.3, -0.25) is 4.79 Å². The predicted molar refractivity (Wildman–Crippen MR) is 97.6 cm³/mol. The zero-order chi connectivity index (χ0) is 15.9. The van der Waals surface area contributed by atoms with Crippen LogP contribution in [0.1, 0.15) is 11.1 Å². The molecular formula is C19H20N2OS. The van der Waals surface area contributed by atoms with Crippen molar-refractivity contribution in [1.29, 1.82) is 0 Å². The number of hydrogen-bond acceptors (Lipinski definition) is 2. The van der Waals surface area contributed by atoms with E-state index in [1.54, 1.807) is 0 Å². The largest absolute Gasteiger partial charge is 0.361 e. The molecule has 0 bridgehead atoms. The molecule has 2 N–H and O–H groups in total. The van der Waals surface area contributed by atoms with Crippen molar-refractivity contribution in [2.45, 2.75) is 12.2 Å². The highest BCUT2D eigenvalue weighted by Crippen LogP contribution is 2.18. The number of hydrogen-bond donors (Lipinski definition) is 2. The zero-order valence-electron chi connectivity index (χ0n) is 12.9. The van der Waals surface area contributed by atoms with Crippen molar-refractivity contribution in [2.75, 3.05) is 12.3 Å². The average molecular weight is 324 g/mol. The second kappa shape index (κ2) is 7.88. The summed E-state index contributed by atoms with van der Waals surface area (Å²) in [6.45, 7) is 0.707. The second-order valence-electron chi connectivity index (χ2n) is 5.42. The summed E-state index contributed by atoms with van der Waals surface area (Å²) >= 11 is 1.84. The van der Waals surface area contributed by atoms with E-state index in [0.29, 0.717) is 13.0 Å². The number of nitrogens with one attached hydrogen (secondary N) is 2. The van der Waals surface area contributed by atoms with Crippen LogP contribution < -0.4 is 5.32 Å². The molecule has 23 heavy (non-hydrogen) atoms. The van der Waals surface area contributed by atoms with Gasteiger partial charge in [-0.1, -0.05) is 48.5 Å². The van der Waals surface area contributed by atoms with E-state index in [1.807, 2.05) is 48.3 Å². The lowest BCUT2D eigenvalue weighted by Gasteiger charge is -2.05. The van der Waals surface area contributed by atoms with Crippen molar-refractivity contribution in [2.24, 2.45) is 0 Å². The maximum absolute atomic E-state index is 12.1. The van der Waals surface area contributed by atoms with Gasteiger partial charge in [-0.05, 0) is 17.2 Å². The van der Waals surface area contributed by atoms with Gasteiger partial charge in [0.2, 0.25) is 5.91 Å². The number of carbonyl (C=O) groups is 1. The molecule has 0 aliphatic carbocycles. The van der Waals surface area contributed by atoms with E-state index >= 15 is 0 Å². The summed E-state index contributed by atoms with van der Waals surface area (Å²) in [6, 6.07) is 18.5. The minimum atomic E-state index is 0.0788. The van der Waals surface area contributed by atoms with E-state index in [0.717, 1.165) is 28.0 Å². The first-order chi connectivity index (χ1) is 11.3. The third-order valence-corrected chi connectivity index (χ3v) is 4.74. The molecule has 0 aliphatic heterocycles. The van der Waals surface area contributed by atoms with Crippen LogP contribution in [0.4, 0.5) is 0 Å². The van der Waals surface area contributed by atoms with Crippen molar-refractivity contribution in [3.63, 3.8) is 0 Å². The molecule has 3 aromatic rings. The summed E-state index contributed by atoms with van der Waals surface area (Å²) in [6.07, 6.45) is 2.35. The lowest BCUT2D eigenvalue weighted by Crippen LogP contribution is -2.27. The minimum Gasteiger partial charge on any atom is -0.361 e. The van der Waals surface area contributed by atoms with E-state index in [2.05, 4.69) is 34.6 Å². The molecule has 0 spiro atoms. The number of fused-ring (bicyclic) bond motifs is 1. The fraction of sp³-hybridized carbons (Fsp3) is 0.211. The third-order valence-electron chi connectivity index (χ3n) is 3.71. The Balaban J connectivity index is 1.40. The van der Waals surface area contributed by atoms with Gasteiger partial charge in [-0.25, -0.2) is 0 Å². The van der Waals surface area contributed by atoms with E-state index in [9.17, 15) is 4.79 Å². The maximum Gasteiger partial charge on any atom is 0.224 e. The molecular weight excluding hydrogens is 304 g/mol. The Hall–Kier alpha value is -2.20. The van der Waals surface area contributed by atoms with Gasteiger partial charge in [0.05, 0.1) is 6.42 Å². The van der Waals surface area contributed by atoms with Crippen LogP contribution in [0.5, 0.6) is 0 Å². The zero-order valence-corrected chi connectivity index (χ0v) is 13.7. The summed E-state index contributed by atoms with van der Waals surface area (Å²) in [5, 5.41) is 4.12. The normalized spacial score (nSPS) is 10.8. The van der Waals surface area contributed by atoms with Crippen LogP contribution in [-0.4, -0.2) is 23.2 Å². The lowest BCUT2D eigenvalue weighted by molar-refractivity contribution is -0.120. The molecule has 0 atom stereocenters. The Kier molecular flexibility index (Phi) is 5.37. The second-order valence-corrected chi connectivity index (χ2v) is 6.53. The number of aromatic nitrogens is 1. The highest BCUT2D eigenvalue weighted by atomic mass is 32.2. The van der Waals surface area contributed by atoms with Crippen LogP contribution in [0.3, 0.4) is 0 Å². The molecule has 118 valence electrons. The molecule has 0 saturated carbocycles. The first-order valence-electron chi connectivity index (χ1n) is 7.76. The summed E-state index contributed by atoms with van der Waals surface area (Å²) in [5.74, 6) is 1.99. The highest BCUT2D eigenvalue weighted by molar-refractivity contribution is 7.98. The van der Waals surface area contributed by atoms with Crippen molar-refractivity contribution in [3.8, 4) is 0 Å². The maximum atomic E-state index is 12.1. The molecule has 3 nitrogen and oxygen atoms in total. The Labute approximate surface area is 140 Å². The van der Waals surface area contributed by atoms with Crippen LogP contribution in [-0.2, 0) is 17.0 Å². The van der Waals surface area contributed by atoms with Crippen molar-refractivity contribution in [3.05, 3.63) is 71.9 Å². The van der Waals surface area contributed by atoms with Crippen molar-refractivity contribution >= 4 is 28.6 Å². The van der Waals surface area contributed by atoms with Gasteiger partial charge in [0.1, 0.15) is 0 Å². The highest BCUT2D eigenvalue weighted by Gasteiger charge is 2.07. The fourth-order valence-corrected chi connectivity index (χ4v) is 3.36.